The quantitative estimate of drug-likeness (QED) is 0.372. The Morgan fingerprint density at radius 1 is 0.393 bits per heavy atom. The number of rotatable bonds is 0. The van der Waals surface area contributed by atoms with Crippen LogP contribution in [0.5, 0.6) is 0 Å². The van der Waals surface area contributed by atoms with Gasteiger partial charge >= 0.3 is 0 Å². The molecule has 0 aromatic rings. The molecule has 6 aliphatic carbocycles. The first kappa shape index (κ1) is 19.0. The van der Waals surface area contributed by atoms with Crippen LogP contribution in [0.1, 0.15) is 103 Å². The molecule has 2 fully saturated rings. The molecule has 6 aliphatic rings. The third kappa shape index (κ3) is 2.85. The highest BCUT2D eigenvalue weighted by atomic mass is 14.6. The van der Waals surface area contributed by atoms with Crippen molar-refractivity contribution in [1.82, 2.24) is 0 Å². The fourth-order valence-electron chi connectivity index (χ4n) is 7.93. The first-order chi connectivity index (χ1) is 13.7. The highest BCUT2D eigenvalue weighted by Crippen LogP contribution is 2.62. The van der Waals surface area contributed by atoms with Gasteiger partial charge in [0.2, 0.25) is 0 Å². The van der Waals surface area contributed by atoms with Crippen molar-refractivity contribution in [2.24, 2.45) is 21.7 Å². The van der Waals surface area contributed by atoms with Crippen molar-refractivity contribution < 1.29 is 0 Å². The van der Waals surface area contributed by atoms with Gasteiger partial charge in [-0.15, -0.1) is 0 Å². The molecule has 2 saturated carbocycles. The first-order valence-corrected chi connectivity index (χ1v) is 12.4. The smallest absolute Gasteiger partial charge is 0.0123 e. The van der Waals surface area contributed by atoms with E-state index in [0.29, 0.717) is 21.7 Å². The highest BCUT2D eigenvalue weighted by molar-refractivity contribution is 5.31. The first-order valence-electron chi connectivity index (χ1n) is 12.4. The second kappa shape index (κ2) is 7.33. The van der Waals surface area contributed by atoms with Crippen molar-refractivity contribution in [1.29, 1.82) is 0 Å². The molecule has 6 rings (SSSR count). The van der Waals surface area contributed by atoms with Crippen LogP contribution in [0.25, 0.3) is 0 Å². The average molecular weight is 377 g/mol. The van der Waals surface area contributed by atoms with Crippen molar-refractivity contribution in [2.45, 2.75) is 103 Å². The molecule has 0 aromatic heterocycles. The summed E-state index contributed by atoms with van der Waals surface area (Å²) in [4.78, 5) is 0. The van der Waals surface area contributed by atoms with Gasteiger partial charge < -0.3 is 0 Å². The van der Waals surface area contributed by atoms with Gasteiger partial charge in [-0.3, -0.25) is 0 Å². The van der Waals surface area contributed by atoms with Crippen LogP contribution in [0.15, 0.2) is 48.6 Å². The largest absolute Gasteiger partial charge is 0.0870 e. The zero-order valence-corrected chi connectivity index (χ0v) is 17.9. The maximum atomic E-state index is 2.55. The molecule has 152 valence electrons. The van der Waals surface area contributed by atoms with Crippen molar-refractivity contribution in [3.05, 3.63) is 48.6 Å². The van der Waals surface area contributed by atoms with E-state index in [1.54, 1.807) is 0 Å². The van der Waals surface area contributed by atoms with E-state index in [0.717, 1.165) is 0 Å². The van der Waals surface area contributed by atoms with E-state index in [1.807, 2.05) is 0 Å². The Kier molecular flexibility index (Phi) is 4.96. The van der Waals surface area contributed by atoms with Crippen LogP contribution >= 0.6 is 0 Å². The lowest BCUT2D eigenvalue weighted by Crippen LogP contribution is -2.33. The summed E-state index contributed by atoms with van der Waals surface area (Å²) in [5, 5.41) is 0. The third-order valence-corrected chi connectivity index (χ3v) is 9.66. The Balaban J connectivity index is 0.000000122. The fourth-order valence-corrected chi connectivity index (χ4v) is 7.93. The lowest BCUT2D eigenvalue weighted by molar-refractivity contribution is 0.125. The maximum Gasteiger partial charge on any atom is 0.0123 e. The summed E-state index contributed by atoms with van der Waals surface area (Å²) in [5.74, 6) is 0. The van der Waals surface area contributed by atoms with Gasteiger partial charge in [0.1, 0.15) is 0 Å². The molecule has 0 nitrogen and oxygen atoms in total. The van der Waals surface area contributed by atoms with Crippen LogP contribution in [0.2, 0.25) is 0 Å². The lowest BCUT2D eigenvalue weighted by Gasteiger charge is -2.42. The van der Waals surface area contributed by atoms with E-state index in [4.69, 9.17) is 0 Å². The van der Waals surface area contributed by atoms with Gasteiger partial charge in [-0.25, -0.2) is 0 Å². The minimum absolute atomic E-state index is 0.493. The Morgan fingerprint density at radius 2 is 0.857 bits per heavy atom. The van der Waals surface area contributed by atoms with Crippen LogP contribution in [-0.2, 0) is 0 Å². The van der Waals surface area contributed by atoms with E-state index in [-0.39, 0.29) is 0 Å². The molecule has 0 aromatic carbocycles. The molecule has 0 bridgehead atoms. The minimum Gasteiger partial charge on any atom is -0.0870 e. The summed E-state index contributed by atoms with van der Waals surface area (Å²) in [6.45, 7) is 0. The molecule has 0 spiro atoms. The number of hydrogen-bond donors (Lipinski definition) is 0. The molecule has 0 radical (unpaired) electrons. The molecule has 28 heavy (non-hydrogen) atoms. The Bertz CT molecular complexity index is 643. The van der Waals surface area contributed by atoms with Gasteiger partial charge in [-0.1, -0.05) is 100.0 Å². The van der Waals surface area contributed by atoms with Crippen LogP contribution in [0, 0.1) is 21.7 Å². The lowest BCUT2D eigenvalue weighted by atomic mass is 9.61. The van der Waals surface area contributed by atoms with Gasteiger partial charge in [0, 0.05) is 16.2 Å². The van der Waals surface area contributed by atoms with E-state index < -0.39 is 0 Å². The molecule has 1 unspecified atom stereocenters. The maximum absolute atomic E-state index is 2.55. The molecule has 0 heteroatoms. The molecular formula is C28H40. The predicted octanol–water partition coefficient (Wildman–Crippen LogP) is 8.47. The normalized spacial score (nSPS) is 45.7. The highest BCUT2D eigenvalue weighted by Gasteiger charge is 2.52. The summed E-state index contributed by atoms with van der Waals surface area (Å²) < 4.78 is 0. The van der Waals surface area contributed by atoms with E-state index in [2.05, 4.69) is 48.6 Å². The fraction of sp³-hybridized carbons (Fsp3) is 0.714. The zero-order valence-electron chi connectivity index (χ0n) is 17.9. The molecule has 0 aliphatic heterocycles. The van der Waals surface area contributed by atoms with Crippen molar-refractivity contribution in [3.8, 4) is 0 Å². The zero-order chi connectivity index (χ0) is 19.0. The van der Waals surface area contributed by atoms with Gasteiger partial charge in [-0.2, -0.15) is 0 Å². The van der Waals surface area contributed by atoms with Gasteiger partial charge in [0.05, 0.1) is 0 Å². The van der Waals surface area contributed by atoms with E-state index >= 15 is 0 Å². The summed E-state index contributed by atoms with van der Waals surface area (Å²) >= 11 is 0. The summed E-state index contributed by atoms with van der Waals surface area (Å²) in [7, 11) is 0. The van der Waals surface area contributed by atoms with Crippen LogP contribution in [-0.4, -0.2) is 0 Å². The van der Waals surface area contributed by atoms with E-state index in [1.165, 1.54) is 103 Å². The van der Waals surface area contributed by atoms with Crippen molar-refractivity contribution in [3.63, 3.8) is 0 Å². The molecule has 0 heterocycles. The summed E-state index contributed by atoms with van der Waals surface area (Å²) in [6.07, 6.45) is 42.7. The third-order valence-electron chi connectivity index (χ3n) is 9.66. The van der Waals surface area contributed by atoms with Crippen LogP contribution in [0.4, 0.5) is 0 Å². The number of allylic oxidation sites excluding steroid dienone is 8. The summed E-state index contributed by atoms with van der Waals surface area (Å²) in [6, 6.07) is 0. The summed E-state index contributed by atoms with van der Waals surface area (Å²) in [5.41, 5.74) is 2.25. The second-order valence-electron chi connectivity index (χ2n) is 10.9. The van der Waals surface area contributed by atoms with Gasteiger partial charge in [-0.05, 0) is 56.8 Å². The second-order valence-corrected chi connectivity index (χ2v) is 10.9. The minimum atomic E-state index is 0.493. The SMILES string of the molecule is C1=CC23C=CCC2(C1)CCCCCC3.C1=C[C@@]23CC=CC2(C1)CCCCCC3. The number of hydrogen-bond acceptors (Lipinski definition) is 0. The molecule has 0 N–H and O–H groups in total. The van der Waals surface area contributed by atoms with Crippen LogP contribution in [0.3, 0.4) is 0 Å². The molecule has 0 saturated heterocycles. The Labute approximate surface area is 173 Å². The molecule has 2 atom stereocenters. The average Bonchev–Trinajstić information content (AvgIpc) is 3.33. The van der Waals surface area contributed by atoms with Gasteiger partial charge in [0.25, 0.3) is 0 Å². The van der Waals surface area contributed by atoms with E-state index in [9.17, 15) is 0 Å². The standard InChI is InChI=1S/2C14H20/c2*1-2-4-8-14-11-5-9-13(14,7-3-1)10-6-12-14/h5-6,9,12H,1-4,7-8,10-11H2;5-6,9-10H,1-4,7-8,11-12H2/t13-,14?;/m0./s1. The Hall–Kier alpha value is -1.04. The van der Waals surface area contributed by atoms with Crippen LogP contribution < -0.4 is 0 Å². The van der Waals surface area contributed by atoms with Crippen molar-refractivity contribution >= 4 is 0 Å². The molecular weight excluding hydrogens is 336 g/mol. The monoisotopic (exact) mass is 376 g/mol. The molecule has 0 amide bonds. The Morgan fingerprint density at radius 3 is 1.43 bits per heavy atom. The van der Waals surface area contributed by atoms with Gasteiger partial charge in [0.15, 0.2) is 0 Å². The topological polar surface area (TPSA) is 0 Å². The predicted molar refractivity (Wildman–Crippen MR) is 120 cm³/mol. The van der Waals surface area contributed by atoms with Crippen molar-refractivity contribution in [2.75, 3.05) is 0 Å².